The third-order valence-electron chi connectivity index (χ3n) is 1.96. The lowest BCUT2D eigenvalue weighted by molar-refractivity contribution is -0.134. The fraction of sp³-hybridized carbons (Fsp3) is 0.154. The minimum absolute atomic E-state index is 0.374. The SMILES string of the molecule is COC(=O)/C=C/C=C/c1cc(F)cc(OC)c1. The van der Waals surface area contributed by atoms with Crippen molar-refractivity contribution in [1.82, 2.24) is 0 Å². The maximum Gasteiger partial charge on any atom is 0.330 e. The highest BCUT2D eigenvalue weighted by molar-refractivity contribution is 5.82. The molecule has 0 saturated carbocycles. The summed E-state index contributed by atoms with van der Waals surface area (Å²) in [6, 6.07) is 4.35. The van der Waals surface area contributed by atoms with Crippen LogP contribution in [-0.4, -0.2) is 20.2 Å². The van der Waals surface area contributed by atoms with Crippen LogP contribution in [0.15, 0.2) is 36.4 Å². The van der Waals surface area contributed by atoms with Crippen LogP contribution in [0.2, 0.25) is 0 Å². The smallest absolute Gasteiger partial charge is 0.330 e. The van der Waals surface area contributed by atoms with Crippen LogP contribution in [-0.2, 0) is 9.53 Å². The van der Waals surface area contributed by atoms with E-state index < -0.39 is 5.97 Å². The largest absolute Gasteiger partial charge is 0.497 e. The van der Waals surface area contributed by atoms with E-state index in [-0.39, 0.29) is 5.82 Å². The van der Waals surface area contributed by atoms with Gasteiger partial charge in [0.2, 0.25) is 0 Å². The number of methoxy groups -OCH3 is 2. The number of carbonyl (C=O) groups is 1. The van der Waals surface area contributed by atoms with E-state index in [1.165, 1.54) is 38.5 Å². The van der Waals surface area contributed by atoms with Gasteiger partial charge in [-0.15, -0.1) is 0 Å². The number of esters is 1. The van der Waals surface area contributed by atoms with Gasteiger partial charge >= 0.3 is 5.97 Å². The van der Waals surface area contributed by atoms with Crippen molar-refractivity contribution in [2.75, 3.05) is 14.2 Å². The second-order valence-corrected chi connectivity index (χ2v) is 3.17. The summed E-state index contributed by atoms with van der Waals surface area (Å²) < 4.78 is 22.5. The highest BCUT2D eigenvalue weighted by Crippen LogP contribution is 2.16. The summed E-state index contributed by atoms with van der Waals surface area (Å²) in [5.41, 5.74) is 0.649. The quantitative estimate of drug-likeness (QED) is 0.458. The zero-order chi connectivity index (χ0) is 12.7. The van der Waals surface area contributed by atoms with Gasteiger partial charge in [-0.05, 0) is 17.7 Å². The molecule has 0 aliphatic rings. The first-order chi connectivity index (χ1) is 8.15. The fourth-order valence-electron chi connectivity index (χ4n) is 1.17. The Hall–Kier alpha value is -2.10. The predicted octanol–water partition coefficient (Wildman–Crippen LogP) is 2.58. The molecule has 0 aromatic heterocycles. The molecule has 1 aromatic rings. The number of halogens is 1. The Morgan fingerprint density at radius 1 is 1.24 bits per heavy atom. The van der Waals surface area contributed by atoms with E-state index in [0.717, 1.165) is 0 Å². The number of ether oxygens (including phenoxy) is 2. The normalized spacial score (nSPS) is 11.0. The molecule has 0 atom stereocenters. The average Bonchev–Trinajstić information content (AvgIpc) is 2.33. The second-order valence-electron chi connectivity index (χ2n) is 3.17. The van der Waals surface area contributed by atoms with Gasteiger partial charge in [0.1, 0.15) is 11.6 Å². The fourth-order valence-corrected chi connectivity index (χ4v) is 1.17. The molecular weight excluding hydrogens is 223 g/mol. The Morgan fingerprint density at radius 3 is 2.65 bits per heavy atom. The van der Waals surface area contributed by atoms with Crippen molar-refractivity contribution in [2.45, 2.75) is 0 Å². The van der Waals surface area contributed by atoms with Crippen molar-refractivity contribution in [3.63, 3.8) is 0 Å². The summed E-state index contributed by atoms with van der Waals surface area (Å²) in [4.78, 5) is 10.8. The standard InChI is InChI=1S/C13H13FO3/c1-16-12-8-10(7-11(14)9-12)5-3-4-6-13(15)17-2/h3-9H,1-2H3/b5-3+,6-4+. The lowest BCUT2D eigenvalue weighted by atomic mass is 10.2. The van der Waals surface area contributed by atoms with Crippen molar-refractivity contribution < 1.29 is 18.7 Å². The average molecular weight is 236 g/mol. The van der Waals surface area contributed by atoms with Crippen LogP contribution in [0.4, 0.5) is 4.39 Å². The van der Waals surface area contributed by atoms with Crippen LogP contribution < -0.4 is 4.74 Å². The summed E-state index contributed by atoms with van der Waals surface area (Å²) >= 11 is 0. The van der Waals surface area contributed by atoms with E-state index in [1.807, 2.05) is 0 Å². The highest BCUT2D eigenvalue weighted by Gasteiger charge is 1.97. The van der Waals surface area contributed by atoms with E-state index in [0.29, 0.717) is 11.3 Å². The summed E-state index contributed by atoms with van der Waals surface area (Å²) in [7, 11) is 2.77. The third kappa shape index (κ3) is 4.51. The van der Waals surface area contributed by atoms with Gasteiger partial charge in [0.15, 0.2) is 0 Å². The molecule has 0 bridgehead atoms. The van der Waals surface area contributed by atoms with Crippen molar-refractivity contribution in [3.8, 4) is 5.75 Å². The summed E-state index contributed by atoms with van der Waals surface area (Å²) in [5.74, 6) is -0.367. The van der Waals surface area contributed by atoms with Crippen LogP contribution >= 0.6 is 0 Å². The van der Waals surface area contributed by atoms with Crippen molar-refractivity contribution >= 4 is 12.0 Å². The molecule has 0 fully saturated rings. The minimum atomic E-state index is -0.438. The van der Waals surface area contributed by atoms with E-state index in [2.05, 4.69) is 4.74 Å². The van der Waals surface area contributed by atoms with Gasteiger partial charge in [0.05, 0.1) is 14.2 Å². The Balaban J connectivity index is 2.74. The molecule has 1 aromatic carbocycles. The molecule has 0 radical (unpaired) electrons. The highest BCUT2D eigenvalue weighted by atomic mass is 19.1. The number of hydrogen-bond donors (Lipinski definition) is 0. The van der Waals surface area contributed by atoms with Crippen molar-refractivity contribution in [3.05, 3.63) is 47.8 Å². The van der Waals surface area contributed by atoms with Gasteiger partial charge < -0.3 is 9.47 Å². The predicted molar refractivity (Wildman–Crippen MR) is 63.1 cm³/mol. The first-order valence-electron chi connectivity index (χ1n) is 4.93. The molecule has 4 heteroatoms. The first-order valence-corrected chi connectivity index (χ1v) is 4.93. The zero-order valence-electron chi connectivity index (χ0n) is 9.64. The lowest BCUT2D eigenvalue weighted by Crippen LogP contribution is -1.92. The number of hydrogen-bond acceptors (Lipinski definition) is 3. The van der Waals surface area contributed by atoms with E-state index in [4.69, 9.17) is 4.74 Å². The maximum atomic E-state index is 13.1. The van der Waals surface area contributed by atoms with Crippen LogP contribution in [0.5, 0.6) is 5.75 Å². The summed E-state index contributed by atoms with van der Waals surface area (Å²) in [5, 5.41) is 0. The van der Waals surface area contributed by atoms with Crippen LogP contribution in [0.3, 0.4) is 0 Å². The zero-order valence-corrected chi connectivity index (χ0v) is 9.64. The molecule has 0 unspecified atom stereocenters. The third-order valence-corrected chi connectivity index (χ3v) is 1.96. The summed E-state index contributed by atoms with van der Waals surface area (Å²) in [6.45, 7) is 0. The van der Waals surface area contributed by atoms with Gasteiger partial charge in [-0.3, -0.25) is 0 Å². The molecule has 1 rings (SSSR count). The van der Waals surface area contributed by atoms with Crippen molar-refractivity contribution in [2.24, 2.45) is 0 Å². The van der Waals surface area contributed by atoms with Crippen LogP contribution in [0.25, 0.3) is 6.08 Å². The first kappa shape index (κ1) is 13.0. The Bertz CT molecular complexity index is 450. The number of allylic oxidation sites excluding steroid dienone is 2. The topological polar surface area (TPSA) is 35.5 Å². The van der Waals surface area contributed by atoms with Gasteiger partial charge in [0.25, 0.3) is 0 Å². The molecule has 0 amide bonds. The van der Waals surface area contributed by atoms with E-state index in [9.17, 15) is 9.18 Å². The minimum Gasteiger partial charge on any atom is -0.497 e. The molecule has 0 N–H and O–H groups in total. The van der Waals surface area contributed by atoms with Gasteiger partial charge in [-0.25, -0.2) is 9.18 Å². The Labute approximate surface area is 99.2 Å². The number of rotatable bonds is 4. The molecule has 0 heterocycles. The Morgan fingerprint density at radius 2 is 2.00 bits per heavy atom. The maximum absolute atomic E-state index is 13.1. The molecule has 0 aliphatic carbocycles. The lowest BCUT2D eigenvalue weighted by Gasteiger charge is -2.01. The Kier molecular flexibility index (Phi) is 4.94. The summed E-state index contributed by atoms with van der Waals surface area (Å²) in [6.07, 6.45) is 6.06. The van der Waals surface area contributed by atoms with Crippen molar-refractivity contribution in [1.29, 1.82) is 0 Å². The van der Waals surface area contributed by atoms with Gasteiger partial charge in [-0.2, -0.15) is 0 Å². The van der Waals surface area contributed by atoms with E-state index in [1.54, 1.807) is 18.2 Å². The van der Waals surface area contributed by atoms with Gasteiger partial charge in [-0.1, -0.05) is 18.2 Å². The molecule has 0 aliphatic heterocycles. The molecule has 0 spiro atoms. The van der Waals surface area contributed by atoms with Crippen LogP contribution in [0, 0.1) is 5.82 Å². The number of carbonyl (C=O) groups excluding carboxylic acids is 1. The van der Waals surface area contributed by atoms with E-state index >= 15 is 0 Å². The molecular formula is C13H13FO3. The monoisotopic (exact) mass is 236 g/mol. The van der Waals surface area contributed by atoms with Gasteiger partial charge in [0, 0.05) is 12.1 Å². The van der Waals surface area contributed by atoms with Crippen LogP contribution in [0.1, 0.15) is 5.56 Å². The second kappa shape index (κ2) is 6.48. The molecule has 17 heavy (non-hydrogen) atoms. The number of benzene rings is 1. The molecule has 0 saturated heterocycles. The molecule has 3 nitrogen and oxygen atoms in total. The molecule has 90 valence electrons.